The van der Waals surface area contributed by atoms with Crippen molar-refractivity contribution < 1.29 is 28.2 Å². The minimum Gasteiger partial charge on any atom is -0.430 e. The number of cyclic esters (lactones) is 1. The number of aliphatic hydroxyl groups is 1. The van der Waals surface area contributed by atoms with Gasteiger partial charge in [0.15, 0.2) is 16.6 Å². The van der Waals surface area contributed by atoms with E-state index in [0.29, 0.717) is 19.3 Å². The van der Waals surface area contributed by atoms with E-state index in [1.165, 1.54) is 11.1 Å². The summed E-state index contributed by atoms with van der Waals surface area (Å²) in [6, 6.07) is 3.14. The number of hydrogen-bond donors (Lipinski definition) is 1. The van der Waals surface area contributed by atoms with Gasteiger partial charge < -0.3 is 23.4 Å². The van der Waals surface area contributed by atoms with E-state index >= 15 is 0 Å². The number of allylic oxidation sites excluding steroid dienone is 1. The van der Waals surface area contributed by atoms with Crippen molar-refractivity contribution in [3.63, 3.8) is 0 Å². The van der Waals surface area contributed by atoms with Crippen molar-refractivity contribution in [1.82, 2.24) is 0 Å². The molecule has 0 amide bonds. The zero-order valence-electron chi connectivity index (χ0n) is 28.2. The largest absolute Gasteiger partial charge is 0.508 e. The lowest BCUT2D eigenvalue weighted by molar-refractivity contribution is -0.211. The fourth-order valence-electron chi connectivity index (χ4n) is 7.67. The SMILES string of the molecule is C=CCC[C@@H]1OC(=O)O[C@@H]2[C@H](O)[C@@H]3C[C@H](O[Si](C)(C)C(C)(C)C)C(C)=C([C@H](O[Si](CC)(CC)CC)C[C@]12C)C3(C)C. The highest BCUT2D eigenvalue weighted by molar-refractivity contribution is 6.74. The first kappa shape index (κ1) is 34.6. The highest BCUT2D eigenvalue weighted by Gasteiger charge is 2.62. The van der Waals surface area contributed by atoms with Gasteiger partial charge in [-0.1, -0.05) is 68.4 Å². The molecule has 41 heavy (non-hydrogen) atoms. The molecule has 3 rings (SSSR count). The molecule has 6 nitrogen and oxygen atoms in total. The van der Waals surface area contributed by atoms with Crippen LogP contribution in [0.3, 0.4) is 0 Å². The van der Waals surface area contributed by atoms with E-state index < -0.39 is 46.5 Å². The zero-order chi connectivity index (χ0) is 31.2. The summed E-state index contributed by atoms with van der Waals surface area (Å²) in [5, 5.41) is 12.3. The Labute approximate surface area is 252 Å². The van der Waals surface area contributed by atoms with Gasteiger partial charge in [0, 0.05) is 11.3 Å². The molecule has 0 unspecified atom stereocenters. The molecule has 0 radical (unpaired) electrons. The van der Waals surface area contributed by atoms with Gasteiger partial charge >= 0.3 is 6.16 Å². The van der Waals surface area contributed by atoms with Crippen LogP contribution in [0.15, 0.2) is 23.8 Å². The average Bonchev–Trinajstić information content (AvgIpc) is 2.87. The predicted molar refractivity (Wildman–Crippen MR) is 172 cm³/mol. The van der Waals surface area contributed by atoms with Gasteiger partial charge in [-0.15, -0.1) is 6.58 Å². The number of carbonyl (C=O) groups is 1. The van der Waals surface area contributed by atoms with Crippen molar-refractivity contribution in [1.29, 1.82) is 0 Å². The Bertz CT molecular complexity index is 986. The molecule has 1 saturated heterocycles. The molecular weight excluding hydrogens is 549 g/mol. The molecule has 1 aliphatic heterocycles. The van der Waals surface area contributed by atoms with Crippen LogP contribution < -0.4 is 0 Å². The second-order valence-corrected chi connectivity index (χ2v) is 24.8. The molecule has 0 aromatic carbocycles. The monoisotopic (exact) mass is 608 g/mol. The normalized spacial score (nSPS) is 34.2. The third kappa shape index (κ3) is 6.33. The van der Waals surface area contributed by atoms with Crippen LogP contribution >= 0.6 is 0 Å². The van der Waals surface area contributed by atoms with Gasteiger partial charge in [-0.05, 0) is 85.4 Å². The Morgan fingerprint density at radius 3 is 2.15 bits per heavy atom. The molecule has 1 N–H and O–H groups in total. The van der Waals surface area contributed by atoms with Gasteiger partial charge in [0.05, 0.1) is 18.3 Å². The summed E-state index contributed by atoms with van der Waals surface area (Å²) in [5.41, 5.74) is 1.56. The van der Waals surface area contributed by atoms with Gasteiger partial charge in [-0.2, -0.15) is 0 Å². The van der Waals surface area contributed by atoms with Crippen molar-refractivity contribution in [3.8, 4) is 0 Å². The molecule has 1 heterocycles. The Hall–Kier alpha value is -0.936. The molecule has 0 aromatic rings. The van der Waals surface area contributed by atoms with Crippen LogP contribution in [-0.2, 0) is 18.3 Å². The molecule has 8 heteroatoms. The lowest BCUT2D eigenvalue weighted by Gasteiger charge is -2.58. The molecular formula is C33H60O6Si2. The maximum Gasteiger partial charge on any atom is 0.508 e. The quantitative estimate of drug-likeness (QED) is 0.152. The Kier molecular flexibility index (Phi) is 10.3. The van der Waals surface area contributed by atoms with Gasteiger partial charge in [0.1, 0.15) is 12.2 Å². The fraction of sp³-hybridized carbons (Fsp3) is 0.848. The Balaban J connectivity index is 2.27. The minimum absolute atomic E-state index is 0.0589. The van der Waals surface area contributed by atoms with E-state index in [1.807, 2.05) is 6.08 Å². The third-order valence-corrected chi connectivity index (χ3v) is 20.9. The second-order valence-electron chi connectivity index (χ2n) is 15.3. The van der Waals surface area contributed by atoms with Crippen LogP contribution in [0, 0.1) is 16.7 Å². The summed E-state index contributed by atoms with van der Waals surface area (Å²) < 4.78 is 26.5. The van der Waals surface area contributed by atoms with Crippen LogP contribution in [0.1, 0.15) is 94.9 Å². The van der Waals surface area contributed by atoms with E-state index in [-0.39, 0.29) is 28.6 Å². The first-order chi connectivity index (χ1) is 18.8. The molecule has 0 spiro atoms. The van der Waals surface area contributed by atoms with Gasteiger partial charge in [0.2, 0.25) is 0 Å². The van der Waals surface area contributed by atoms with Crippen LogP contribution in [0.2, 0.25) is 36.3 Å². The van der Waals surface area contributed by atoms with Gasteiger partial charge in [-0.25, -0.2) is 4.79 Å². The smallest absolute Gasteiger partial charge is 0.430 e. The highest BCUT2D eigenvalue weighted by atomic mass is 28.4. The predicted octanol–water partition coefficient (Wildman–Crippen LogP) is 8.77. The highest BCUT2D eigenvalue weighted by Crippen LogP contribution is 2.58. The summed E-state index contributed by atoms with van der Waals surface area (Å²) in [6.07, 6.45) is 1.63. The zero-order valence-corrected chi connectivity index (χ0v) is 30.2. The summed E-state index contributed by atoms with van der Waals surface area (Å²) in [6.45, 7) is 31.0. The molecule has 1 saturated carbocycles. The van der Waals surface area contributed by atoms with Crippen LogP contribution in [-0.4, -0.2) is 58.4 Å². The molecule has 3 aliphatic rings. The van der Waals surface area contributed by atoms with E-state index in [2.05, 4.69) is 88.9 Å². The van der Waals surface area contributed by atoms with Crippen molar-refractivity contribution >= 4 is 22.8 Å². The Morgan fingerprint density at radius 2 is 1.63 bits per heavy atom. The van der Waals surface area contributed by atoms with Crippen LogP contribution in [0.5, 0.6) is 0 Å². The number of carbonyl (C=O) groups excluding carboxylic acids is 1. The van der Waals surface area contributed by atoms with Gasteiger partial charge in [-0.3, -0.25) is 0 Å². The maximum absolute atomic E-state index is 12.8. The van der Waals surface area contributed by atoms with Crippen molar-refractivity contribution in [2.24, 2.45) is 16.7 Å². The molecule has 0 aromatic heterocycles. The van der Waals surface area contributed by atoms with E-state index in [1.54, 1.807) is 0 Å². The summed E-state index contributed by atoms with van der Waals surface area (Å²) in [7, 11) is -4.17. The first-order valence-corrected chi connectivity index (χ1v) is 21.5. The summed E-state index contributed by atoms with van der Waals surface area (Å²) >= 11 is 0. The van der Waals surface area contributed by atoms with Crippen molar-refractivity contribution in [2.45, 2.75) is 162 Å². The van der Waals surface area contributed by atoms with E-state index in [0.717, 1.165) is 24.6 Å². The maximum atomic E-state index is 12.8. The molecule has 2 aliphatic carbocycles. The lowest BCUT2D eigenvalue weighted by atomic mass is 9.54. The van der Waals surface area contributed by atoms with Crippen molar-refractivity contribution in [3.05, 3.63) is 23.8 Å². The number of aliphatic hydroxyl groups excluding tert-OH is 1. The topological polar surface area (TPSA) is 74.2 Å². The minimum atomic E-state index is -2.12. The molecule has 236 valence electrons. The van der Waals surface area contributed by atoms with Crippen LogP contribution in [0.4, 0.5) is 4.79 Å². The third-order valence-electron chi connectivity index (χ3n) is 11.7. The number of ether oxygens (including phenoxy) is 2. The number of hydrogen-bond acceptors (Lipinski definition) is 6. The van der Waals surface area contributed by atoms with E-state index in [4.69, 9.17) is 18.3 Å². The molecule has 2 bridgehead atoms. The summed E-state index contributed by atoms with van der Waals surface area (Å²) in [5.74, 6) is -0.168. The standard InChI is InChI=1S/C33H60O6Si2/c1-14-18-19-26-33(11)21-25(39-41(15-2,16-3)17-4)27-22(5)24(38-40(12,13)31(6,7)8)20-23(32(27,9)10)28(34)29(33)37-30(35)36-26/h14,23-26,28-29,34H,1,15-21H2,2-13H3/t23-,24-,25+,26-,28+,29+,33+/m0/s1. The Morgan fingerprint density at radius 1 is 1.05 bits per heavy atom. The number of rotatable bonds is 10. The lowest BCUT2D eigenvalue weighted by Crippen LogP contribution is -2.64. The summed E-state index contributed by atoms with van der Waals surface area (Å²) in [4.78, 5) is 12.8. The van der Waals surface area contributed by atoms with Crippen LogP contribution in [0.25, 0.3) is 0 Å². The second kappa shape index (κ2) is 12.2. The number of fused-ring (bicyclic) bond motifs is 3. The first-order valence-electron chi connectivity index (χ1n) is 16.1. The average molecular weight is 609 g/mol. The fourth-order valence-corrected chi connectivity index (χ4v) is 11.8. The van der Waals surface area contributed by atoms with E-state index in [9.17, 15) is 9.90 Å². The van der Waals surface area contributed by atoms with Gasteiger partial charge in [0.25, 0.3) is 0 Å². The molecule has 7 atom stereocenters. The molecule has 2 fully saturated rings. The van der Waals surface area contributed by atoms with Crippen molar-refractivity contribution in [2.75, 3.05) is 0 Å².